The van der Waals surface area contributed by atoms with Crippen molar-refractivity contribution in [2.45, 2.75) is 37.6 Å². The van der Waals surface area contributed by atoms with Crippen LogP contribution < -0.4 is 10.1 Å². The molecular formula is C31H28F3NO3. The number of aliphatic hydroxyl groups excluding tert-OH is 1. The minimum atomic E-state index is -4.44. The molecule has 4 aromatic rings. The van der Waals surface area contributed by atoms with E-state index < -0.39 is 23.9 Å². The van der Waals surface area contributed by atoms with Crippen LogP contribution >= 0.6 is 0 Å². The van der Waals surface area contributed by atoms with Crippen LogP contribution in [0, 0.1) is 0 Å². The number of nitrogens with one attached hydrogen (secondary N) is 1. The summed E-state index contributed by atoms with van der Waals surface area (Å²) in [6.07, 6.45) is -4.64. The Labute approximate surface area is 219 Å². The normalized spacial score (nSPS) is 12.9. The predicted molar refractivity (Wildman–Crippen MR) is 140 cm³/mol. The summed E-state index contributed by atoms with van der Waals surface area (Å²) in [6, 6.07) is 29.7. The van der Waals surface area contributed by atoms with Crippen molar-refractivity contribution < 1.29 is 27.8 Å². The summed E-state index contributed by atoms with van der Waals surface area (Å²) >= 11 is 0. The number of hydrogen-bond acceptors (Lipinski definition) is 3. The lowest BCUT2D eigenvalue weighted by atomic mass is 9.95. The van der Waals surface area contributed by atoms with Crippen LogP contribution in [-0.2, 0) is 23.8 Å². The van der Waals surface area contributed by atoms with Gasteiger partial charge >= 0.3 is 6.18 Å². The minimum Gasteiger partial charge on any atom is -0.457 e. The number of halogens is 3. The summed E-state index contributed by atoms with van der Waals surface area (Å²) in [4.78, 5) is 12.8. The Morgan fingerprint density at radius 3 is 1.95 bits per heavy atom. The van der Waals surface area contributed by atoms with Crippen molar-refractivity contribution in [3.63, 3.8) is 0 Å². The topological polar surface area (TPSA) is 58.6 Å². The molecule has 0 aromatic heterocycles. The Hall–Kier alpha value is -4.10. The van der Waals surface area contributed by atoms with E-state index in [1.54, 1.807) is 24.3 Å². The highest BCUT2D eigenvalue weighted by molar-refractivity contribution is 5.76. The van der Waals surface area contributed by atoms with Gasteiger partial charge in [-0.15, -0.1) is 0 Å². The first-order valence-electron chi connectivity index (χ1n) is 12.3. The van der Waals surface area contributed by atoms with Crippen molar-refractivity contribution in [1.29, 1.82) is 0 Å². The zero-order valence-corrected chi connectivity index (χ0v) is 20.6. The molecule has 2 unspecified atom stereocenters. The molecule has 2 N–H and O–H groups in total. The molecular weight excluding hydrogens is 491 g/mol. The summed E-state index contributed by atoms with van der Waals surface area (Å²) in [5, 5.41) is 14.1. The SMILES string of the molecule is O=C(CCc1ccccc1)NC(Cc1ccc(C(F)(F)F)cc1)C(O)c1ccc(Oc2ccccc2)cc1. The fourth-order valence-electron chi connectivity index (χ4n) is 4.10. The molecule has 2 atom stereocenters. The van der Waals surface area contributed by atoms with E-state index >= 15 is 0 Å². The van der Waals surface area contributed by atoms with Crippen LogP contribution in [0.1, 0.15) is 34.8 Å². The number of benzene rings is 4. The maximum Gasteiger partial charge on any atom is 0.416 e. The first kappa shape index (κ1) is 26.9. The Morgan fingerprint density at radius 2 is 1.34 bits per heavy atom. The van der Waals surface area contributed by atoms with Gasteiger partial charge in [0.1, 0.15) is 11.5 Å². The number of para-hydroxylation sites is 1. The van der Waals surface area contributed by atoms with Crippen molar-refractivity contribution >= 4 is 5.91 Å². The summed E-state index contributed by atoms with van der Waals surface area (Å²) < 4.78 is 44.8. The molecule has 4 nitrogen and oxygen atoms in total. The Bertz CT molecular complexity index is 1290. The standard InChI is InChI=1S/C31H28F3NO3/c32-31(33,34)25-16-11-23(12-17-25)21-28(35-29(36)20-13-22-7-3-1-4-8-22)30(37)24-14-18-27(19-15-24)38-26-9-5-2-6-10-26/h1-12,14-19,28,30,37H,13,20-21H2,(H,35,36). The highest BCUT2D eigenvalue weighted by Gasteiger charge is 2.30. The lowest BCUT2D eigenvalue weighted by Gasteiger charge is -2.25. The van der Waals surface area contributed by atoms with Gasteiger partial charge in [-0.3, -0.25) is 4.79 Å². The zero-order valence-electron chi connectivity index (χ0n) is 20.6. The second kappa shape index (κ2) is 12.4. The highest BCUT2D eigenvalue weighted by Crippen LogP contribution is 2.30. The molecule has 4 aromatic carbocycles. The van der Waals surface area contributed by atoms with Gasteiger partial charge in [0, 0.05) is 6.42 Å². The first-order chi connectivity index (χ1) is 18.3. The summed E-state index contributed by atoms with van der Waals surface area (Å²) in [6.45, 7) is 0. The van der Waals surface area contributed by atoms with Crippen molar-refractivity contribution in [1.82, 2.24) is 5.32 Å². The highest BCUT2D eigenvalue weighted by atomic mass is 19.4. The fourth-order valence-corrected chi connectivity index (χ4v) is 4.10. The van der Waals surface area contributed by atoms with E-state index in [9.17, 15) is 23.1 Å². The summed E-state index contributed by atoms with van der Waals surface area (Å²) in [5.74, 6) is 0.999. The molecule has 4 rings (SSSR count). The van der Waals surface area contributed by atoms with E-state index in [2.05, 4.69) is 5.32 Å². The molecule has 0 radical (unpaired) electrons. The molecule has 0 saturated heterocycles. The van der Waals surface area contributed by atoms with Crippen molar-refractivity contribution in [3.8, 4) is 11.5 Å². The van der Waals surface area contributed by atoms with Crippen molar-refractivity contribution in [2.75, 3.05) is 0 Å². The third kappa shape index (κ3) is 7.70. The van der Waals surface area contributed by atoms with Gasteiger partial charge in [0.25, 0.3) is 0 Å². The van der Waals surface area contributed by atoms with Crippen LogP contribution in [-0.4, -0.2) is 17.1 Å². The smallest absolute Gasteiger partial charge is 0.416 e. The Morgan fingerprint density at radius 1 is 0.763 bits per heavy atom. The van der Waals surface area contributed by atoms with Gasteiger partial charge < -0.3 is 15.2 Å². The molecule has 0 spiro atoms. The van der Waals surface area contributed by atoms with Gasteiger partial charge in [-0.2, -0.15) is 13.2 Å². The third-order valence-corrected chi connectivity index (χ3v) is 6.15. The summed E-state index contributed by atoms with van der Waals surface area (Å²) in [7, 11) is 0. The predicted octanol–water partition coefficient (Wildman–Crippen LogP) is 6.89. The molecule has 1 amide bonds. The Kier molecular flexibility index (Phi) is 8.81. The van der Waals surface area contributed by atoms with Gasteiger partial charge in [-0.25, -0.2) is 0 Å². The van der Waals surface area contributed by atoms with E-state index in [0.29, 0.717) is 29.0 Å². The molecule has 0 bridgehead atoms. The van der Waals surface area contributed by atoms with Gasteiger partial charge in [-0.1, -0.05) is 72.8 Å². The van der Waals surface area contributed by atoms with Crippen LogP contribution in [0.25, 0.3) is 0 Å². The number of amides is 1. The molecule has 0 saturated carbocycles. The minimum absolute atomic E-state index is 0.151. The lowest BCUT2D eigenvalue weighted by Crippen LogP contribution is -2.41. The second-order valence-electron chi connectivity index (χ2n) is 8.99. The van der Waals surface area contributed by atoms with Gasteiger partial charge in [0.2, 0.25) is 5.91 Å². The second-order valence-corrected chi connectivity index (χ2v) is 8.99. The number of carbonyl (C=O) groups is 1. The molecule has 7 heteroatoms. The van der Waals surface area contributed by atoms with Gasteiger partial charge in [0.05, 0.1) is 17.7 Å². The van der Waals surface area contributed by atoms with Crippen LogP contribution in [0.15, 0.2) is 109 Å². The number of hydrogen-bond donors (Lipinski definition) is 2. The molecule has 196 valence electrons. The number of rotatable bonds is 10. The van der Waals surface area contributed by atoms with E-state index in [4.69, 9.17) is 4.74 Å². The monoisotopic (exact) mass is 519 g/mol. The average molecular weight is 520 g/mol. The number of alkyl halides is 3. The van der Waals surface area contributed by atoms with Crippen molar-refractivity contribution in [2.24, 2.45) is 0 Å². The van der Waals surface area contributed by atoms with E-state index in [0.717, 1.165) is 17.7 Å². The number of ether oxygens (including phenoxy) is 1. The largest absolute Gasteiger partial charge is 0.457 e. The zero-order chi connectivity index (χ0) is 27.0. The van der Waals surface area contributed by atoms with Crippen LogP contribution in [0.3, 0.4) is 0 Å². The van der Waals surface area contributed by atoms with Crippen molar-refractivity contribution in [3.05, 3.63) is 131 Å². The molecule has 0 aliphatic rings. The van der Waals surface area contributed by atoms with Gasteiger partial charge in [0.15, 0.2) is 0 Å². The van der Waals surface area contributed by atoms with E-state index in [1.165, 1.54) is 12.1 Å². The fraction of sp³-hybridized carbons (Fsp3) is 0.194. The molecule has 0 fully saturated rings. The van der Waals surface area contributed by atoms with Gasteiger partial charge in [-0.05, 0) is 65.9 Å². The maximum atomic E-state index is 13.0. The number of aryl methyl sites for hydroxylation is 1. The maximum absolute atomic E-state index is 13.0. The van der Waals surface area contributed by atoms with E-state index in [1.807, 2.05) is 60.7 Å². The molecule has 0 aliphatic heterocycles. The molecule has 38 heavy (non-hydrogen) atoms. The Balaban J connectivity index is 1.48. The first-order valence-corrected chi connectivity index (χ1v) is 12.3. The summed E-state index contributed by atoms with van der Waals surface area (Å²) in [5.41, 5.74) is 1.37. The van der Waals surface area contributed by atoms with E-state index in [-0.39, 0.29) is 18.7 Å². The number of aliphatic hydroxyl groups is 1. The van der Waals surface area contributed by atoms with Crippen LogP contribution in [0.2, 0.25) is 0 Å². The third-order valence-electron chi connectivity index (χ3n) is 6.15. The van der Waals surface area contributed by atoms with Crippen LogP contribution in [0.5, 0.6) is 11.5 Å². The number of carbonyl (C=O) groups excluding carboxylic acids is 1. The average Bonchev–Trinajstić information content (AvgIpc) is 2.92. The molecule has 0 heterocycles. The molecule has 0 aliphatic carbocycles. The van der Waals surface area contributed by atoms with Crippen LogP contribution in [0.4, 0.5) is 13.2 Å². The lowest BCUT2D eigenvalue weighted by molar-refractivity contribution is -0.137. The quantitative estimate of drug-likeness (QED) is 0.240.